The number of rotatable bonds is 5. The van der Waals surface area contributed by atoms with Crippen LogP contribution in [0.3, 0.4) is 0 Å². The highest BCUT2D eigenvalue weighted by atomic mass is 32.1. The Morgan fingerprint density at radius 2 is 1.96 bits per heavy atom. The molecule has 0 amide bonds. The smallest absolute Gasteiger partial charge is 0.315 e. The summed E-state index contributed by atoms with van der Waals surface area (Å²) in [6.07, 6.45) is 3.48. The van der Waals surface area contributed by atoms with Crippen LogP contribution < -0.4 is 4.74 Å². The van der Waals surface area contributed by atoms with Gasteiger partial charge in [0.05, 0.1) is 17.7 Å². The molecule has 7 heteroatoms. The zero-order chi connectivity index (χ0) is 18.7. The van der Waals surface area contributed by atoms with E-state index in [1.807, 2.05) is 36.6 Å². The highest BCUT2D eigenvalue weighted by Gasteiger charge is 2.19. The van der Waals surface area contributed by atoms with E-state index in [9.17, 15) is 15.2 Å². The summed E-state index contributed by atoms with van der Waals surface area (Å²) in [6.45, 7) is 2.03. The Kier molecular flexibility index (Phi) is 4.99. The van der Waals surface area contributed by atoms with Gasteiger partial charge in [0.2, 0.25) is 5.75 Å². The molecule has 0 aliphatic rings. The van der Waals surface area contributed by atoms with Crippen LogP contribution in [0.4, 0.5) is 5.69 Å². The van der Waals surface area contributed by atoms with Crippen molar-refractivity contribution in [3.8, 4) is 22.8 Å². The Balaban J connectivity index is 1.87. The summed E-state index contributed by atoms with van der Waals surface area (Å²) in [7, 11) is 1.35. The van der Waals surface area contributed by atoms with Crippen molar-refractivity contribution in [2.75, 3.05) is 7.11 Å². The maximum atomic E-state index is 11.1. The summed E-state index contributed by atoms with van der Waals surface area (Å²) >= 11 is 1.48. The van der Waals surface area contributed by atoms with Crippen LogP contribution in [0, 0.1) is 17.0 Å². The molecule has 1 heterocycles. The molecule has 3 rings (SSSR count). The van der Waals surface area contributed by atoms with Gasteiger partial charge < -0.3 is 9.84 Å². The van der Waals surface area contributed by atoms with Crippen molar-refractivity contribution in [3.63, 3.8) is 0 Å². The Hall–Kier alpha value is -3.19. The average molecular weight is 368 g/mol. The molecule has 26 heavy (non-hydrogen) atoms. The lowest BCUT2D eigenvalue weighted by Gasteiger charge is -2.05. The quantitative estimate of drug-likeness (QED) is 0.511. The van der Waals surface area contributed by atoms with Crippen LogP contribution in [-0.4, -0.2) is 22.1 Å². The molecule has 1 N–H and O–H groups in total. The van der Waals surface area contributed by atoms with Gasteiger partial charge in [-0.05, 0) is 24.6 Å². The number of aromatic hydroxyl groups is 1. The molecule has 0 atom stereocenters. The second-order valence-corrected chi connectivity index (χ2v) is 6.51. The van der Waals surface area contributed by atoms with E-state index in [4.69, 9.17) is 4.74 Å². The fourth-order valence-corrected chi connectivity index (χ4v) is 3.11. The summed E-state index contributed by atoms with van der Waals surface area (Å²) in [5, 5.41) is 23.6. The van der Waals surface area contributed by atoms with E-state index >= 15 is 0 Å². The van der Waals surface area contributed by atoms with Gasteiger partial charge in [0.15, 0.2) is 5.75 Å². The number of nitrogens with zero attached hydrogens (tertiary/aromatic N) is 2. The molecule has 0 unspecified atom stereocenters. The molecule has 0 spiro atoms. The zero-order valence-corrected chi connectivity index (χ0v) is 15.0. The van der Waals surface area contributed by atoms with Gasteiger partial charge >= 0.3 is 5.69 Å². The summed E-state index contributed by atoms with van der Waals surface area (Å²) in [6, 6.07) is 10.9. The third kappa shape index (κ3) is 3.73. The normalized spacial score (nSPS) is 11.0. The number of hydrogen-bond acceptors (Lipinski definition) is 6. The number of thiazole rings is 1. The molecular formula is C19H16N2O4S. The van der Waals surface area contributed by atoms with E-state index in [-0.39, 0.29) is 5.75 Å². The zero-order valence-electron chi connectivity index (χ0n) is 14.2. The minimum absolute atomic E-state index is 0.0540. The third-order valence-corrected chi connectivity index (χ3v) is 4.59. The number of phenolic OH excluding ortho intramolecular Hbond substituents is 1. The van der Waals surface area contributed by atoms with E-state index < -0.39 is 16.4 Å². The fraction of sp³-hybridized carbons (Fsp3) is 0.105. The van der Waals surface area contributed by atoms with Crippen molar-refractivity contribution in [2.45, 2.75) is 6.92 Å². The number of nitro groups is 1. The Morgan fingerprint density at radius 1 is 1.23 bits per heavy atom. The molecule has 0 aliphatic carbocycles. The molecule has 0 fully saturated rings. The molecule has 0 bridgehead atoms. The van der Waals surface area contributed by atoms with E-state index in [2.05, 4.69) is 4.98 Å². The molecule has 1 aromatic heterocycles. The topological polar surface area (TPSA) is 85.5 Å². The van der Waals surface area contributed by atoms with E-state index in [0.29, 0.717) is 5.56 Å². The predicted molar refractivity (Wildman–Crippen MR) is 103 cm³/mol. The largest absolute Gasteiger partial charge is 0.500 e. The second-order valence-electron chi connectivity index (χ2n) is 5.62. The van der Waals surface area contributed by atoms with Gasteiger partial charge in [-0.1, -0.05) is 35.9 Å². The minimum atomic E-state index is -0.645. The first kappa shape index (κ1) is 17.6. The molecule has 0 saturated carbocycles. The molecule has 0 saturated heterocycles. The van der Waals surface area contributed by atoms with Crippen LogP contribution in [0.5, 0.6) is 11.5 Å². The van der Waals surface area contributed by atoms with Gasteiger partial charge in [0.25, 0.3) is 0 Å². The van der Waals surface area contributed by atoms with Gasteiger partial charge in [-0.25, -0.2) is 4.98 Å². The van der Waals surface area contributed by atoms with E-state index in [0.717, 1.165) is 16.3 Å². The van der Waals surface area contributed by atoms with Crippen molar-refractivity contribution in [1.29, 1.82) is 0 Å². The minimum Gasteiger partial charge on any atom is -0.500 e. The van der Waals surface area contributed by atoms with Crippen LogP contribution in [0.2, 0.25) is 0 Å². The number of nitro benzene ring substituents is 1. The lowest BCUT2D eigenvalue weighted by molar-refractivity contribution is -0.386. The molecule has 6 nitrogen and oxygen atoms in total. The van der Waals surface area contributed by atoms with Crippen molar-refractivity contribution < 1.29 is 14.8 Å². The standard InChI is InChI=1S/C19H16N2O4S/c1-12-3-6-14(7-4-12)15-11-26-18(20-15)8-5-13-9-16(21(23)24)19(22)17(10-13)25-2/h3-11,22H,1-2H3/b8-5+. The van der Waals surface area contributed by atoms with Gasteiger partial charge in [0, 0.05) is 17.0 Å². The summed E-state index contributed by atoms with van der Waals surface area (Å²) in [4.78, 5) is 15.0. The molecule has 3 aromatic rings. The number of methoxy groups -OCH3 is 1. The number of hydrogen-bond donors (Lipinski definition) is 1. The molecular weight excluding hydrogens is 352 g/mol. The maximum absolute atomic E-state index is 11.1. The first-order valence-electron chi connectivity index (χ1n) is 7.74. The SMILES string of the molecule is COc1cc(/C=C/c2nc(-c3ccc(C)cc3)cs2)cc([N+](=O)[O-])c1O. The molecule has 132 valence electrons. The number of ether oxygens (including phenoxy) is 1. The number of aryl methyl sites for hydroxylation is 1. The van der Waals surface area contributed by atoms with Crippen molar-refractivity contribution >= 4 is 29.2 Å². The first-order valence-corrected chi connectivity index (χ1v) is 8.62. The number of phenols is 1. The number of benzene rings is 2. The monoisotopic (exact) mass is 368 g/mol. The Morgan fingerprint density at radius 3 is 2.62 bits per heavy atom. The number of aromatic nitrogens is 1. The molecule has 0 aliphatic heterocycles. The summed E-state index contributed by atoms with van der Waals surface area (Å²) in [5.41, 5.74) is 3.24. The van der Waals surface area contributed by atoms with Crippen molar-refractivity contribution in [3.05, 3.63) is 68.0 Å². The van der Waals surface area contributed by atoms with Gasteiger partial charge in [-0.15, -0.1) is 11.3 Å². The first-order chi connectivity index (χ1) is 12.5. The van der Waals surface area contributed by atoms with E-state index in [1.54, 1.807) is 12.2 Å². The maximum Gasteiger partial charge on any atom is 0.315 e. The van der Waals surface area contributed by atoms with Gasteiger partial charge in [0.1, 0.15) is 5.01 Å². The predicted octanol–water partition coefficient (Wildman–Crippen LogP) is 4.91. The average Bonchev–Trinajstić information content (AvgIpc) is 3.10. The Labute approximate surface area is 154 Å². The third-order valence-electron chi connectivity index (χ3n) is 3.78. The van der Waals surface area contributed by atoms with Crippen molar-refractivity contribution in [1.82, 2.24) is 4.98 Å². The van der Waals surface area contributed by atoms with Gasteiger partial charge in [-0.3, -0.25) is 10.1 Å². The molecule has 0 radical (unpaired) electrons. The lowest BCUT2D eigenvalue weighted by atomic mass is 10.1. The van der Waals surface area contributed by atoms with Crippen LogP contribution in [0.1, 0.15) is 16.1 Å². The van der Waals surface area contributed by atoms with Crippen LogP contribution >= 0.6 is 11.3 Å². The highest BCUT2D eigenvalue weighted by molar-refractivity contribution is 7.10. The second kappa shape index (κ2) is 7.37. The van der Waals surface area contributed by atoms with Gasteiger partial charge in [-0.2, -0.15) is 0 Å². The van der Waals surface area contributed by atoms with Crippen molar-refractivity contribution in [2.24, 2.45) is 0 Å². The van der Waals surface area contributed by atoms with E-state index in [1.165, 1.54) is 36.1 Å². The fourth-order valence-electron chi connectivity index (χ4n) is 2.39. The van der Waals surface area contributed by atoms with Crippen LogP contribution in [0.15, 0.2) is 41.8 Å². The summed E-state index contributed by atoms with van der Waals surface area (Å²) in [5.74, 6) is -0.427. The summed E-state index contributed by atoms with van der Waals surface area (Å²) < 4.78 is 5.00. The Bertz CT molecular complexity index is 978. The molecule has 2 aromatic carbocycles. The highest BCUT2D eigenvalue weighted by Crippen LogP contribution is 2.37. The van der Waals surface area contributed by atoms with Crippen LogP contribution in [-0.2, 0) is 0 Å². The van der Waals surface area contributed by atoms with Crippen LogP contribution in [0.25, 0.3) is 23.4 Å². The lowest BCUT2D eigenvalue weighted by Crippen LogP contribution is -1.93.